The van der Waals surface area contributed by atoms with Crippen LogP contribution in [0.3, 0.4) is 0 Å². The summed E-state index contributed by atoms with van der Waals surface area (Å²) in [5.41, 5.74) is 7.37. The number of aromatic nitrogens is 1. The standard InChI is InChI=1S/C25H20F3N3O2S/c1-14-8-17(24(33)30-13-22(29)32)12-21(31-14)20-7-3-5-16-11-19(34-23(16)20)10-15-4-2-6-18(9-15)25(26,27)28/h2-9,11-12H,10,13H2,1H3,(H2,29,32)(H,30,33). The van der Waals surface area contributed by atoms with Gasteiger partial charge in [-0.3, -0.25) is 14.6 Å². The number of primary amides is 1. The minimum absolute atomic E-state index is 0.269. The van der Waals surface area contributed by atoms with Crippen LogP contribution in [-0.2, 0) is 17.4 Å². The largest absolute Gasteiger partial charge is 0.416 e. The van der Waals surface area contributed by atoms with Crippen LogP contribution in [0.5, 0.6) is 0 Å². The predicted molar refractivity (Wildman–Crippen MR) is 126 cm³/mol. The van der Waals surface area contributed by atoms with Crippen LogP contribution in [0, 0.1) is 6.92 Å². The molecule has 0 aliphatic carbocycles. The van der Waals surface area contributed by atoms with Crippen LogP contribution >= 0.6 is 11.3 Å². The molecule has 0 atom stereocenters. The lowest BCUT2D eigenvalue weighted by atomic mass is 10.0. The number of benzene rings is 2. The second kappa shape index (κ2) is 9.26. The van der Waals surface area contributed by atoms with Crippen LogP contribution in [0.1, 0.15) is 32.1 Å². The molecule has 0 aliphatic rings. The third-order valence-electron chi connectivity index (χ3n) is 5.14. The van der Waals surface area contributed by atoms with E-state index in [0.717, 1.165) is 26.6 Å². The number of hydrogen-bond donors (Lipinski definition) is 2. The highest BCUT2D eigenvalue weighted by molar-refractivity contribution is 7.19. The molecule has 4 aromatic rings. The first-order valence-electron chi connectivity index (χ1n) is 10.3. The Balaban J connectivity index is 1.68. The van der Waals surface area contributed by atoms with E-state index in [2.05, 4.69) is 10.3 Å². The van der Waals surface area contributed by atoms with Crippen molar-refractivity contribution < 1.29 is 22.8 Å². The summed E-state index contributed by atoms with van der Waals surface area (Å²) in [6.45, 7) is 1.50. The maximum atomic E-state index is 13.1. The summed E-state index contributed by atoms with van der Waals surface area (Å²) in [6.07, 6.45) is -4.02. The number of halogens is 3. The predicted octanol–water partition coefficient (Wildman–Crippen LogP) is 5.10. The Hall–Kier alpha value is -3.72. The highest BCUT2D eigenvalue weighted by Gasteiger charge is 2.30. The Labute approximate surface area is 197 Å². The van der Waals surface area contributed by atoms with Crippen molar-refractivity contribution in [1.29, 1.82) is 0 Å². The van der Waals surface area contributed by atoms with Crippen LogP contribution in [0.2, 0.25) is 0 Å². The molecule has 0 fully saturated rings. The lowest BCUT2D eigenvalue weighted by molar-refractivity contribution is -0.137. The zero-order valence-corrected chi connectivity index (χ0v) is 18.9. The minimum atomic E-state index is -4.39. The van der Waals surface area contributed by atoms with Crippen molar-refractivity contribution >= 4 is 33.2 Å². The Morgan fingerprint density at radius 2 is 1.82 bits per heavy atom. The summed E-state index contributed by atoms with van der Waals surface area (Å²) in [5, 5.41) is 3.41. The minimum Gasteiger partial charge on any atom is -0.368 e. The van der Waals surface area contributed by atoms with E-state index in [1.807, 2.05) is 24.3 Å². The van der Waals surface area contributed by atoms with E-state index in [1.165, 1.54) is 23.5 Å². The first-order valence-corrected chi connectivity index (χ1v) is 11.1. The maximum Gasteiger partial charge on any atom is 0.416 e. The average Bonchev–Trinajstić information content (AvgIpc) is 3.19. The quantitative estimate of drug-likeness (QED) is 0.400. The molecule has 4 rings (SSSR count). The number of amides is 2. The second-order valence-corrected chi connectivity index (χ2v) is 8.98. The molecule has 2 aromatic heterocycles. The highest BCUT2D eigenvalue weighted by Crippen LogP contribution is 2.36. The number of nitrogens with one attached hydrogen (secondary N) is 1. The number of thiophene rings is 1. The topological polar surface area (TPSA) is 85.1 Å². The Morgan fingerprint density at radius 3 is 2.56 bits per heavy atom. The summed E-state index contributed by atoms with van der Waals surface area (Å²) < 4.78 is 40.1. The van der Waals surface area contributed by atoms with E-state index in [-0.39, 0.29) is 6.54 Å². The first kappa shape index (κ1) is 23.4. The fourth-order valence-corrected chi connectivity index (χ4v) is 4.89. The molecule has 5 nitrogen and oxygen atoms in total. The van der Waals surface area contributed by atoms with Gasteiger partial charge in [-0.2, -0.15) is 13.2 Å². The van der Waals surface area contributed by atoms with Crippen molar-refractivity contribution in [3.63, 3.8) is 0 Å². The van der Waals surface area contributed by atoms with Crippen molar-refractivity contribution in [2.24, 2.45) is 5.73 Å². The molecule has 0 spiro atoms. The molecule has 0 radical (unpaired) electrons. The molecule has 0 aliphatic heterocycles. The zero-order valence-electron chi connectivity index (χ0n) is 18.1. The van der Waals surface area contributed by atoms with Gasteiger partial charge in [0.1, 0.15) is 0 Å². The zero-order chi connectivity index (χ0) is 24.5. The molecule has 0 bridgehead atoms. The summed E-state index contributed by atoms with van der Waals surface area (Å²) in [7, 11) is 0. The number of nitrogens with two attached hydrogens (primary N) is 1. The Morgan fingerprint density at radius 1 is 1.06 bits per heavy atom. The summed E-state index contributed by atoms with van der Waals surface area (Å²) in [6, 6.07) is 16.2. The molecule has 0 saturated heterocycles. The van der Waals surface area contributed by atoms with Gasteiger partial charge >= 0.3 is 6.18 Å². The molecular weight excluding hydrogens is 463 g/mol. The van der Waals surface area contributed by atoms with E-state index in [4.69, 9.17) is 5.73 Å². The lowest BCUT2D eigenvalue weighted by Crippen LogP contribution is -2.33. The number of hydrogen-bond acceptors (Lipinski definition) is 4. The van der Waals surface area contributed by atoms with Crippen molar-refractivity contribution in [2.75, 3.05) is 6.54 Å². The maximum absolute atomic E-state index is 13.1. The fourth-order valence-electron chi connectivity index (χ4n) is 3.67. The van der Waals surface area contributed by atoms with Gasteiger partial charge in [0, 0.05) is 32.8 Å². The molecule has 3 N–H and O–H groups in total. The number of carbonyl (C=O) groups excluding carboxylic acids is 2. The van der Waals surface area contributed by atoms with Crippen molar-refractivity contribution in [2.45, 2.75) is 19.5 Å². The van der Waals surface area contributed by atoms with Crippen LogP contribution in [-0.4, -0.2) is 23.3 Å². The lowest BCUT2D eigenvalue weighted by Gasteiger charge is -2.08. The Kier molecular flexibility index (Phi) is 6.39. The molecule has 0 saturated carbocycles. The van der Waals surface area contributed by atoms with E-state index in [9.17, 15) is 22.8 Å². The van der Waals surface area contributed by atoms with Gasteiger partial charge in [0.05, 0.1) is 17.8 Å². The molecule has 174 valence electrons. The van der Waals surface area contributed by atoms with Gasteiger partial charge in [0.25, 0.3) is 5.91 Å². The Bertz CT molecular complexity index is 1400. The molecule has 0 unspecified atom stereocenters. The van der Waals surface area contributed by atoms with Crippen LogP contribution in [0.4, 0.5) is 13.2 Å². The fraction of sp³-hybridized carbons (Fsp3) is 0.160. The number of pyridine rings is 1. The number of alkyl halides is 3. The SMILES string of the molecule is Cc1cc(C(=O)NCC(N)=O)cc(-c2cccc3cc(Cc4cccc(C(F)(F)F)c4)sc23)n1. The third-order valence-corrected chi connectivity index (χ3v) is 6.33. The van der Waals surface area contributed by atoms with Crippen LogP contribution < -0.4 is 11.1 Å². The summed E-state index contributed by atoms with van der Waals surface area (Å²) in [4.78, 5) is 28.9. The molecular formula is C25H20F3N3O2S. The van der Waals surface area contributed by atoms with Gasteiger partial charge in [-0.15, -0.1) is 11.3 Å². The van der Waals surface area contributed by atoms with E-state index in [0.29, 0.717) is 28.9 Å². The number of carbonyl (C=O) groups is 2. The molecule has 2 amide bonds. The molecule has 2 heterocycles. The first-order chi connectivity index (χ1) is 16.1. The number of aryl methyl sites for hydroxylation is 1. The van der Waals surface area contributed by atoms with Gasteiger partial charge in [0.2, 0.25) is 5.91 Å². The molecule has 2 aromatic carbocycles. The smallest absolute Gasteiger partial charge is 0.368 e. The highest BCUT2D eigenvalue weighted by atomic mass is 32.1. The summed E-state index contributed by atoms with van der Waals surface area (Å²) in [5.74, 6) is -1.08. The monoisotopic (exact) mass is 483 g/mol. The van der Waals surface area contributed by atoms with Gasteiger partial charge in [-0.05, 0) is 42.1 Å². The van der Waals surface area contributed by atoms with E-state index < -0.39 is 23.6 Å². The molecule has 34 heavy (non-hydrogen) atoms. The van der Waals surface area contributed by atoms with Crippen molar-refractivity contribution in [3.05, 3.63) is 87.9 Å². The van der Waals surface area contributed by atoms with E-state index >= 15 is 0 Å². The van der Waals surface area contributed by atoms with E-state index in [1.54, 1.807) is 25.1 Å². The normalized spacial score (nSPS) is 11.5. The average molecular weight is 484 g/mol. The number of rotatable bonds is 6. The third kappa shape index (κ3) is 5.26. The van der Waals surface area contributed by atoms with Crippen LogP contribution in [0.25, 0.3) is 21.3 Å². The van der Waals surface area contributed by atoms with Gasteiger partial charge in [-0.1, -0.05) is 36.4 Å². The van der Waals surface area contributed by atoms with Gasteiger partial charge in [0.15, 0.2) is 0 Å². The van der Waals surface area contributed by atoms with Gasteiger partial charge in [-0.25, -0.2) is 0 Å². The number of fused-ring (bicyclic) bond motifs is 1. The van der Waals surface area contributed by atoms with Gasteiger partial charge < -0.3 is 11.1 Å². The van der Waals surface area contributed by atoms with Crippen LogP contribution in [0.15, 0.2) is 60.7 Å². The summed E-state index contributed by atoms with van der Waals surface area (Å²) >= 11 is 1.48. The second-order valence-electron chi connectivity index (χ2n) is 7.84. The molecule has 9 heteroatoms. The van der Waals surface area contributed by atoms with Crippen molar-refractivity contribution in [1.82, 2.24) is 10.3 Å². The number of nitrogens with zero attached hydrogens (tertiary/aromatic N) is 1. The van der Waals surface area contributed by atoms with Crippen molar-refractivity contribution in [3.8, 4) is 11.3 Å².